The van der Waals surface area contributed by atoms with Gasteiger partial charge in [0.25, 0.3) is 5.91 Å². The van der Waals surface area contributed by atoms with Crippen LogP contribution in [0.25, 0.3) is 0 Å². The Morgan fingerprint density at radius 1 is 1.56 bits per heavy atom. The number of hydrogen-bond acceptors (Lipinski definition) is 2. The standard InChI is InChI=1S/C13H17NO2/c1-9-4-3-5-10(8-9)12(15)14-11-6-7-13(11,2)16/h3-5,8,11,16H,6-7H2,1-2H3,(H,14,15)/t11-,13-/m1/s1. The molecule has 0 aromatic heterocycles. The molecule has 0 saturated heterocycles. The average Bonchev–Trinajstić information content (AvgIpc) is 2.24. The number of carbonyl (C=O) groups is 1. The molecule has 2 rings (SSSR count). The van der Waals surface area contributed by atoms with Gasteiger partial charge >= 0.3 is 0 Å². The number of rotatable bonds is 2. The van der Waals surface area contributed by atoms with Gasteiger partial charge in [-0.15, -0.1) is 0 Å². The number of benzene rings is 1. The predicted octanol–water partition coefficient (Wildman–Crippen LogP) is 1.64. The molecule has 0 bridgehead atoms. The summed E-state index contributed by atoms with van der Waals surface area (Å²) >= 11 is 0. The second-order valence-corrected chi connectivity index (χ2v) is 4.79. The van der Waals surface area contributed by atoms with Crippen molar-refractivity contribution >= 4 is 5.91 Å². The molecule has 0 spiro atoms. The number of nitrogens with one attached hydrogen (secondary N) is 1. The first kappa shape index (κ1) is 11.1. The fraction of sp³-hybridized carbons (Fsp3) is 0.462. The second kappa shape index (κ2) is 3.91. The molecule has 2 N–H and O–H groups in total. The van der Waals surface area contributed by atoms with E-state index >= 15 is 0 Å². The van der Waals surface area contributed by atoms with Gasteiger partial charge in [-0.1, -0.05) is 17.7 Å². The van der Waals surface area contributed by atoms with Crippen molar-refractivity contribution in [2.45, 2.75) is 38.3 Å². The molecule has 0 heterocycles. The number of aliphatic hydroxyl groups is 1. The van der Waals surface area contributed by atoms with Gasteiger partial charge in [-0.2, -0.15) is 0 Å². The Balaban J connectivity index is 2.04. The fourth-order valence-corrected chi connectivity index (χ4v) is 1.96. The summed E-state index contributed by atoms with van der Waals surface area (Å²) in [6.45, 7) is 3.72. The molecule has 1 saturated carbocycles. The zero-order chi connectivity index (χ0) is 11.8. The third kappa shape index (κ3) is 2.09. The zero-order valence-corrected chi connectivity index (χ0v) is 9.66. The second-order valence-electron chi connectivity index (χ2n) is 4.79. The minimum Gasteiger partial charge on any atom is -0.388 e. The predicted molar refractivity (Wildman–Crippen MR) is 62.3 cm³/mol. The summed E-state index contributed by atoms with van der Waals surface area (Å²) in [6.07, 6.45) is 1.61. The van der Waals surface area contributed by atoms with Gasteiger partial charge in [0.05, 0.1) is 11.6 Å². The van der Waals surface area contributed by atoms with Gasteiger partial charge in [0.15, 0.2) is 0 Å². The minimum atomic E-state index is -0.737. The van der Waals surface area contributed by atoms with Crippen molar-refractivity contribution in [3.8, 4) is 0 Å². The van der Waals surface area contributed by atoms with E-state index < -0.39 is 5.60 Å². The molecule has 1 aliphatic rings. The van der Waals surface area contributed by atoms with Crippen molar-refractivity contribution in [3.63, 3.8) is 0 Å². The van der Waals surface area contributed by atoms with Gasteiger partial charge in [-0.3, -0.25) is 4.79 Å². The summed E-state index contributed by atoms with van der Waals surface area (Å²) in [5, 5.41) is 12.7. The van der Waals surface area contributed by atoms with Crippen molar-refractivity contribution in [1.29, 1.82) is 0 Å². The smallest absolute Gasteiger partial charge is 0.251 e. The van der Waals surface area contributed by atoms with E-state index in [1.165, 1.54) is 0 Å². The van der Waals surface area contributed by atoms with Crippen LogP contribution in [0.1, 0.15) is 35.7 Å². The number of amides is 1. The van der Waals surface area contributed by atoms with Crippen LogP contribution in [-0.4, -0.2) is 22.7 Å². The molecule has 86 valence electrons. The quantitative estimate of drug-likeness (QED) is 0.794. The molecule has 1 aliphatic carbocycles. The Bertz CT molecular complexity index is 412. The highest BCUT2D eigenvalue weighted by Crippen LogP contribution is 2.31. The lowest BCUT2D eigenvalue weighted by Crippen LogP contribution is -2.58. The van der Waals surface area contributed by atoms with Crippen molar-refractivity contribution in [3.05, 3.63) is 35.4 Å². The molecule has 2 atom stereocenters. The van der Waals surface area contributed by atoms with Crippen LogP contribution >= 0.6 is 0 Å². The first-order chi connectivity index (χ1) is 7.49. The summed E-state index contributed by atoms with van der Waals surface area (Å²) < 4.78 is 0. The van der Waals surface area contributed by atoms with Crippen LogP contribution in [0.3, 0.4) is 0 Å². The van der Waals surface area contributed by atoms with E-state index in [2.05, 4.69) is 5.32 Å². The molecule has 1 fully saturated rings. The van der Waals surface area contributed by atoms with Crippen molar-refractivity contribution in [2.75, 3.05) is 0 Å². The van der Waals surface area contributed by atoms with Gasteiger partial charge in [-0.05, 0) is 38.8 Å². The first-order valence-electron chi connectivity index (χ1n) is 5.59. The Kier molecular flexibility index (Phi) is 2.72. The lowest BCUT2D eigenvalue weighted by atomic mass is 9.76. The number of carbonyl (C=O) groups excluding carboxylic acids is 1. The summed E-state index contributed by atoms with van der Waals surface area (Å²) in [5.74, 6) is -0.103. The summed E-state index contributed by atoms with van der Waals surface area (Å²) in [4.78, 5) is 11.9. The van der Waals surface area contributed by atoms with Crippen molar-refractivity contribution in [2.24, 2.45) is 0 Å². The summed E-state index contributed by atoms with van der Waals surface area (Å²) in [7, 11) is 0. The maximum absolute atomic E-state index is 11.9. The van der Waals surface area contributed by atoms with Crippen molar-refractivity contribution < 1.29 is 9.90 Å². The Morgan fingerprint density at radius 3 is 2.81 bits per heavy atom. The highest BCUT2D eigenvalue weighted by atomic mass is 16.3. The molecule has 0 radical (unpaired) electrons. The molecule has 1 amide bonds. The maximum Gasteiger partial charge on any atom is 0.251 e. The van der Waals surface area contributed by atoms with E-state index in [1.807, 2.05) is 25.1 Å². The van der Waals surface area contributed by atoms with Gasteiger partial charge in [-0.25, -0.2) is 0 Å². The van der Waals surface area contributed by atoms with Crippen LogP contribution in [0.5, 0.6) is 0 Å². The summed E-state index contributed by atoms with van der Waals surface area (Å²) in [6, 6.07) is 7.35. The lowest BCUT2D eigenvalue weighted by Gasteiger charge is -2.42. The molecular formula is C13H17NO2. The van der Waals surface area contributed by atoms with Crippen LogP contribution in [0.2, 0.25) is 0 Å². The van der Waals surface area contributed by atoms with Crippen LogP contribution in [0.4, 0.5) is 0 Å². The molecule has 3 heteroatoms. The van der Waals surface area contributed by atoms with E-state index in [0.717, 1.165) is 18.4 Å². The molecule has 3 nitrogen and oxygen atoms in total. The molecule has 0 aliphatic heterocycles. The van der Waals surface area contributed by atoms with Crippen molar-refractivity contribution in [1.82, 2.24) is 5.32 Å². The third-order valence-electron chi connectivity index (χ3n) is 3.28. The Morgan fingerprint density at radius 2 is 2.31 bits per heavy atom. The maximum atomic E-state index is 11.9. The van der Waals surface area contributed by atoms with Gasteiger partial charge in [0, 0.05) is 5.56 Å². The van der Waals surface area contributed by atoms with Crippen LogP contribution < -0.4 is 5.32 Å². The van der Waals surface area contributed by atoms with Crippen LogP contribution in [-0.2, 0) is 0 Å². The van der Waals surface area contributed by atoms with Gasteiger partial charge < -0.3 is 10.4 Å². The van der Waals surface area contributed by atoms with E-state index in [9.17, 15) is 9.90 Å². The van der Waals surface area contributed by atoms with Crippen LogP contribution in [0.15, 0.2) is 24.3 Å². The first-order valence-corrected chi connectivity index (χ1v) is 5.59. The molecule has 16 heavy (non-hydrogen) atoms. The van der Waals surface area contributed by atoms with E-state index in [0.29, 0.717) is 5.56 Å². The highest BCUT2D eigenvalue weighted by Gasteiger charge is 2.41. The lowest BCUT2D eigenvalue weighted by molar-refractivity contribution is -0.0486. The third-order valence-corrected chi connectivity index (χ3v) is 3.28. The minimum absolute atomic E-state index is 0.103. The Hall–Kier alpha value is -1.35. The Labute approximate surface area is 95.5 Å². The number of hydrogen-bond donors (Lipinski definition) is 2. The normalized spacial score (nSPS) is 28.3. The molecule has 1 aromatic rings. The van der Waals surface area contributed by atoms with E-state index in [1.54, 1.807) is 13.0 Å². The van der Waals surface area contributed by atoms with Gasteiger partial charge in [0.2, 0.25) is 0 Å². The topological polar surface area (TPSA) is 49.3 Å². The molecule has 0 unspecified atom stereocenters. The zero-order valence-electron chi connectivity index (χ0n) is 9.66. The van der Waals surface area contributed by atoms with Crippen LogP contribution in [0, 0.1) is 6.92 Å². The number of aryl methyl sites for hydroxylation is 1. The average molecular weight is 219 g/mol. The van der Waals surface area contributed by atoms with Gasteiger partial charge in [0.1, 0.15) is 0 Å². The molecular weight excluding hydrogens is 202 g/mol. The summed E-state index contributed by atoms with van der Waals surface area (Å²) in [5.41, 5.74) is 0.982. The SMILES string of the molecule is Cc1cccc(C(=O)N[C@@H]2CC[C@@]2(C)O)c1. The van der Waals surface area contributed by atoms with E-state index in [4.69, 9.17) is 0 Å². The fourth-order valence-electron chi connectivity index (χ4n) is 1.96. The highest BCUT2D eigenvalue weighted by molar-refractivity contribution is 5.94. The van der Waals surface area contributed by atoms with E-state index in [-0.39, 0.29) is 11.9 Å². The monoisotopic (exact) mass is 219 g/mol. The largest absolute Gasteiger partial charge is 0.388 e. The molecule has 1 aromatic carbocycles.